The Kier molecular flexibility index (Phi) is 5.98. The Labute approximate surface area is 123 Å². The Hall–Kier alpha value is -0.650. The Morgan fingerprint density at radius 3 is 2.50 bits per heavy atom. The van der Waals surface area contributed by atoms with E-state index in [1.165, 1.54) is 0 Å². The summed E-state index contributed by atoms with van der Waals surface area (Å²) in [5.74, 6) is -0.0456. The van der Waals surface area contributed by atoms with Gasteiger partial charge in [-0.15, -0.1) is 0 Å². The Morgan fingerprint density at radius 1 is 1.45 bits per heavy atom. The lowest BCUT2D eigenvalue weighted by molar-refractivity contribution is -0.137. The molecular formula is C15H31N3O2. The molecule has 1 heterocycles. The van der Waals surface area contributed by atoms with Gasteiger partial charge in [0.05, 0.1) is 12.0 Å². The zero-order chi connectivity index (χ0) is 15.5. The topological polar surface area (TPSA) is 69.8 Å². The molecule has 0 aliphatic carbocycles. The van der Waals surface area contributed by atoms with Crippen LogP contribution in [-0.4, -0.2) is 66.7 Å². The van der Waals surface area contributed by atoms with E-state index in [0.717, 1.165) is 13.0 Å². The molecule has 20 heavy (non-hydrogen) atoms. The number of carbonyl (C=O) groups is 1. The van der Waals surface area contributed by atoms with Gasteiger partial charge in [0.1, 0.15) is 0 Å². The summed E-state index contributed by atoms with van der Waals surface area (Å²) in [7, 11) is 3.98. The number of β-amino-alcohol motifs (C(OH)–C–C–N with tert-alkyl or cyclic N) is 1. The molecular weight excluding hydrogens is 254 g/mol. The maximum Gasteiger partial charge on any atom is 0.227 e. The van der Waals surface area contributed by atoms with E-state index in [0.29, 0.717) is 19.5 Å². The lowest BCUT2D eigenvalue weighted by Crippen LogP contribution is -2.46. The molecule has 0 bridgehead atoms. The van der Waals surface area contributed by atoms with E-state index in [2.05, 4.69) is 25.7 Å². The summed E-state index contributed by atoms with van der Waals surface area (Å²) in [4.78, 5) is 16.6. The van der Waals surface area contributed by atoms with Crippen molar-refractivity contribution in [3.05, 3.63) is 0 Å². The van der Waals surface area contributed by atoms with Crippen molar-refractivity contribution in [2.24, 2.45) is 17.1 Å². The fraction of sp³-hybridized carbons (Fsp3) is 0.933. The molecule has 1 fully saturated rings. The largest absolute Gasteiger partial charge is 0.391 e. The average molecular weight is 285 g/mol. The van der Waals surface area contributed by atoms with Crippen LogP contribution < -0.4 is 5.73 Å². The molecule has 0 aromatic rings. The first-order valence-corrected chi connectivity index (χ1v) is 7.47. The summed E-state index contributed by atoms with van der Waals surface area (Å²) in [6, 6.07) is 0.0986. The van der Waals surface area contributed by atoms with Crippen molar-refractivity contribution in [3.8, 4) is 0 Å². The highest BCUT2D eigenvalue weighted by Gasteiger charge is 2.37. The smallest absolute Gasteiger partial charge is 0.227 e. The van der Waals surface area contributed by atoms with E-state index in [-0.39, 0.29) is 23.3 Å². The highest BCUT2D eigenvalue weighted by Crippen LogP contribution is 2.28. The molecule has 0 spiro atoms. The minimum absolute atomic E-state index is 0.0785. The first kappa shape index (κ1) is 17.4. The standard InChI is InChI=1S/C15H31N3O2/c1-15(2,3)7-11(8-16)14(20)18-10-13(19)6-12(18)9-17(4)5/h11-13,19H,6-10,16H2,1-5H3. The van der Waals surface area contributed by atoms with Crippen LogP contribution >= 0.6 is 0 Å². The van der Waals surface area contributed by atoms with E-state index in [4.69, 9.17) is 5.73 Å². The number of likely N-dealkylation sites (tertiary alicyclic amines) is 1. The molecule has 3 unspecified atom stereocenters. The summed E-state index contributed by atoms with van der Waals surface area (Å²) < 4.78 is 0. The van der Waals surface area contributed by atoms with Gasteiger partial charge in [0, 0.05) is 25.7 Å². The van der Waals surface area contributed by atoms with Crippen LogP contribution in [0.5, 0.6) is 0 Å². The zero-order valence-corrected chi connectivity index (χ0v) is 13.6. The van der Waals surface area contributed by atoms with E-state index in [1.54, 1.807) is 0 Å². The summed E-state index contributed by atoms with van der Waals surface area (Å²) >= 11 is 0. The maximum atomic E-state index is 12.7. The lowest BCUT2D eigenvalue weighted by Gasteiger charge is -2.32. The second-order valence-corrected chi connectivity index (χ2v) is 7.49. The van der Waals surface area contributed by atoms with Crippen molar-refractivity contribution in [1.29, 1.82) is 0 Å². The van der Waals surface area contributed by atoms with E-state index < -0.39 is 6.10 Å². The van der Waals surface area contributed by atoms with Crippen molar-refractivity contribution >= 4 is 5.91 Å². The maximum absolute atomic E-state index is 12.7. The molecule has 0 aromatic carbocycles. The van der Waals surface area contributed by atoms with Crippen molar-refractivity contribution in [2.75, 3.05) is 33.7 Å². The third-order valence-corrected chi connectivity index (χ3v) is 3.74. The number of nitrogens with zero attached hydrogens (tertiary/aromatic N) is 2. The summed E-state index contributed by atoms with van der Waals surface area (Å²) in [5, 5.41) is 9.88. The van der Waals surface area contributed by atoms with Crippen LogP contribution in [0.2, 0.25) is 0 Å². The Balaban J connectivity index is 2.76. The molecule has 1 aliphatic rings. The molecule has 1 rings (SSSR count). The number of likely N-dealkylation sites (N-methyl/N-ethyl adjacent to an activating group) is 1. The second-order valence-electron chi connectivity index (χ2n) is 7.49. The van der Waals surface area contributed by atoms with Crippen LogP contribution in [0.1, 0.15) is 33.6 Å². The van der Waals surface area contributed by atoms with Gasteiger partial charge in [-0.1, -0.05) is 20.8 Å². The fourth-order valence-electron chi connectivity index (χ4n) is 3.00. The quantitative estimate of drug-likeness (QED) is 0.773. The molecule has 1 amide bonds. The second kappa shape index (κ2) is 6.87. The van der Waals surface area contributed by atoms with Crippen molar-refractivity contribution < 1.29 is 9.90 Å². The van der Waals surface area contributed by atoms with Crippen molar-refractivity contribution in [2.45, 2.75) is 45.8 Å². The molecule has 3 N–H and O–H groups in total. The normalized spacial score (nSPS) is 25.3. The van der Waals surface area contributed by atoms with Gasteiger partial charge >= 0.3 is 0 Å². The molecule has 1 saturated heterocycles. The summed E-state index contributed by atoms with van der Waals surface area (Å²) in [6.07, 6.45) is 1.04. The van der Waals surface area contributed by atoms with Gasteiger partial charge in [0.2, 0.25) is 5.91 Å². The van der Waals surface area contributed by atoms with Crippen LogP contribution in [0.3, 0.4) is 0 Å². The van der Waals surface area contributed by atoms with Crippen LogP contribution in [0.4, 0.5) is 0 Å². The van der Waals surface area contributed by atoms with Gasteiger partial charge < -0.3 is 20.6 Å². The van der Waals surface area contributed by atoms with Gasteiger partial charge in [-0.25, -0.2) is 0 Å². The van der Waals surface area contributed by atoms with Crippen LogP contribution in [0.25, 0.3) is 0 Å². The van der Waals surface area contributed by atoms with Crippen LogP contribution in [-0.2, 0) is 4.79 Å². The Bertz CT molecular complexity index is 326. The summed E-state index contributed by atoms with van der Waals surface area (Å²) in [5.41, 5.74) is 5.89. The minimum Gasteiger partial charge on any atom is -0.391 e. The van der Waals surface area contributed by atoms with E-state index in [9.17, 15) is 9.90 Å². The zero-order valence-electron chi connectivity index (χ0n) is 13.6. The van der Waals surface area contributed by atoms with Crippen LogP contribution in [0.15, 0.2) is 0 Å². The number of aliphatic hydroxyl groups excluding tert-OH is 1. The predicted molar refractivity (Wildman–Crippen MR) is 81.3 cm³/mol. The van der Waals surface area contributed by atoms with E-state index in [1.807, 2.05) is 19.0 Å². The molecule has 0 radical (unpaired) electrons. The molecule has 118 valence electrons. The SMILES string of the molecule is CN(C)CC1CC(O)CN1C(=O)C(CN)CC(C)(C)C. The summed E-state index contributed by atoms with van der Waals surface area (Å²) in [6.45, 7) is 7.97. The van der Waals surface area contributed by atoms with Gasteiger partial charge in [-0.2, -0.15) is 0 Å². The predicted octanol–water partition coefficient (Wildman–Crippen LogP) is 0.521. The first-order valence-electron chi connectivity index (χ1n) is 7.47. The van der Waals surface area contributed by atoms with E-state index >= 15 is 0 Å². The van der Waals surface area contributed by atoms with Gasteiger partial charge in [-0.3, -0.25) is 4.79 Å². The molecule has 0 saturated carbocycles. The number of rotatable bonds is 5. The number of nitrogens with two attached hydrogens (primary N) is 1. The number of amides is 1. The Morgan fingerprint density at radius 2 is 2.05 bits per heavy atom. The third-order valence-electron chi connectivity index (χ3n) is 3.74. The average Bonchev–Trinajstić information content (AvgIpc) is 2.64. The molecule has 3 atom stereocenters. The number of carbonyl (C=O) groups excluding carboxylic acids is 1. The number of hydrogen-bond acceptors (Lipinski definition) is 4. The van der Waals surface area contributed by atoms with Gasteiger partial charge in [0.15, 0.2) is 0 Å². The fourth-order valence-corrected chi connectivity index (χ4v) is 3.00. The van der Waals surface area contributed by atoms with Gasteiger partial charge in [0.25, 0.3) is 0 Å². The van der Waals surface area contributed by atoms with Gasteiger partial charge in [-0.05, 0) is 32.4 Å². The highest BCUT2D eigenvalue weighted by molar-refractivity contribution is 5.80. The lowest BCUT2D eigenvalue weighted by atomic mass is 9.84. The van der Waals surface area contributed by atoms with Crippen LogP contribution in [0, 0.1) is 11.3 Å². The highest BCUT2D eigenvalue weighted by atomic mass is 16.3. The van der Waals surface area contributed by atoms with Crippen molar-refractivity contribution in [3.63, 3.8) is 0 Å². The monoisotopic (exact) mass is 285 g/mol. The molecule has 5 heteroatoms. The first-order chi connectivity index (χ1) is 9.14. The number of hydrogen-bond donors (Lipinski definition) is 2. The van der Waals surface area contributed by atoms with Crippen molar-refractivity contribution in [1.82, 2.24) is 9.80 Å². The minimum atomic E-state index is -0.406. The third kappa shape index (κ3) is 5.04. The molecule has 5 nitrogen and oxygen atoms in total. The number of aliphatic hydroxyl groups is 1. The molecule has 1 aliphatic heterocycles. The molecule has 0 aromatic heterocycles.